The zero-order chi connectivity index (χ0) is 20.4. The Kier molecular flexibility index (Phi) is 5.76. The first-order valence-corrected chi connectivity index (χ1v) is 11.2. The molecule has 2 aromatic rings. The summed E-state index contributed by atoms with van der Waals surface area (Å²) >= 11 is 1.68. The van der Waals surface area contributed by atoms with E-state index in [1.54, 1.807) is 11.8 Å². The minimum atomic E-state index is -0.150. The van der Waals surface area contributed by atoms with Crippen LogP contribution in [-0.2, 0) is 9.59 Å². The highest BCUT2D eigenvalue weighted by molar-refractivity contribution is 7.98. The topological polar surface area (TPSA) is 55.4 Å². The van der Waals surface area contributed by atoms with E-state index < -0.39 is 0 Å². The van der Waals surface area contributed by atoms with Gasteiger partial charge in [-0.2, -0.15) is 0 Å². The molecule has 1 amide bonds. The summed E-state index contributed by atoms with van der Waals surface area (Å²) < 4.78 is 5.51. The average molecular weight is 408 g/mol. The number of benzene rings is 2. The van der Waals surface area contributed by atoms with Gasteiger partial charge in [0.15, 0.2) is 5.78 Å². The SMILES string of the molecule is CCOc1ccc(C2CC(=O)C3=C(C2)NC(=O)CC3c2ccc(SC)cc2)cc1. The predicted octanol–water partition coefficient (Wildman–Crippen LogP) is 4.81. The van der Waals surface area contributed by atoms with Gasteiger partial charge in [0, 0.05) is 34.9 Å². The Labute approximate surface area is 175 Å². The van der Waals surface area contributed by atoms with Crippen molar-refractivity contribution in [2.75, 3.05) is 12.9 Å². The second-order valence-electron chi connectivity index (χ2n) is 7.50. The molecule has 0 bridgehead atoms. The van der Waals surface area contributed by atoms with Crippen LogP contribution in [-0.4, -0.2) is 24.6 Å². The lowest BCUT2D eigenvalue weighted by atomic mass is 9.73. The molecule has 4 rings (SSSR count). The van der Waals surface area contributed by atoms with E-state index >= 15 is 0 Å². The van der Waals surface area contributed by atoms with Crippen molar-refractivity contribution in [1.82, 2.24) is 5.32 Å². The molecule has 0 saturated carbocycles. The van der Waals surface area contributed by atoms with Gasteiger partial charge < -0.3 is 10.1 Å². The second kappa shape index (κ2) is 8.46. The quantitative estimate of drug-likeness (QED) is 0.723. The number of Topliss-reactive ketones (excluding diaryl/α,β-unsaturated/α-hetero) is 1. The van der Waals surface area contributed by atoms with E-state index in [1.807, 2.05) is 49.6 Å². The normalized spacial score (nSPS) is 21.6. The van der Waals surface area contributed by atoms with E-state index in [-0.39, 0.29) is 23.5 Å². The number of allylic oxidation sites excluding steroid dienone is 2. The first-order valence-electron chi connectivity index (χ1n) is 10.0. The van der Waals surface area contributed by atoms with E-state index in [0.29, 0.717) is 25.9 Å². The third kappa shape index (κ3) is 4.10. The Hall–Kier alpha value is -2.53. The van der Waals surface area contributed by atoms with Crippen LogP contribution in [0.2, 0.25) is 0 Å². The molecule has 2 aliphatic rings. The molecule has 0 saturated heterocycles. The van der Waals surface area contributed by atoms with E-state index in [9.17, 15) is 9.59 Å². The lowest BCUT2D eigenvalue weighted by Gasteiger charge is -2.34. The number of thioether (sulfide) groups is 1. The smallest absolute Gasteiger partial charge is 0.225 e. The number of rotatable bonds is 5. The van der Waals surface area contributed by atoms with Crippen molar-refractivity contribution < 1.29 is 14.3 Å². The molecular weight excluding hydrogens is 382 g/mol. The molecule has 4 nitrogen and oxygen atoms in total. The molecule has 150 valence electrons. The van der Waals surface area contributed by atoms with Crippen molar-refractivity contribution >= 4 is 23.5 Å². The highest BCUT2D eigenvalue weighted by atomic mass is 32.2. The fourth-order valence-corrected chi connectivity index (χ4v) is 4.73. The molecule has 29 heavy (non-hydrogen) atoms. The van der Waals surface area contributed by atoms with Crippen LogP contribution in [0.4, 0.5) is 0 Å². The van der Waals surface area contributed by atoms with Crippen molar-refractivity contribution in [3.63, 3.8) is 0 Å². The van der Waals surface area contributed by atoms with Gasteiger partial charge in [-0.05, 0) is 60.9 Å². The molecule has 1 heterocycles. The fraction of sp³-hybridized carbons (Fsp3) is 0.333. The number of nitrogens with one attached hydrogen (secondary N) is 1. The summed E-state index contributed by atoms with van der Waals surface area (Å²) in [6.07, 6.45) is 3.52. The lowest BCUT2D eigenvalue weighted by molar-refractivity contribution is -0.122. The molecule has 2 unspecified atom stereocenters. The summed E-state index contributed by atoms with van der Waals surface area (Å²) in [5.41, 5.74) is 3.74. The van der Waals surface area contributed by atoms with Crippen molar-refractivity contribution in [2.45, 2.75) is 42.9 Å². The van der Waals surface area contributed by atoms with Crippen LogP contribution in [0.3, 0.4) is 0 Å². The summed E-state index contributed by atoms with van der Waals surface area (Å²) in [6, 6.07) is 16.2. The molecule has 2 aromatic carbocycles. The summed E-state index contributed by atoms with van der Waals surface area (Å²) in [6.45, 7) is 2.58. The number of ether oxygens (including phenoxy) is 1. The van der Waals surface area contributed by atoms with Crippen molar-refractivity contribution in [2.24, 2.45) is 0 Å². The summed E-state index contributed by atoms with van der Waals surface area (Å²) in [5, 5.41) is 2.99. The highest BCUT2D eigenvalue weighted by Gasteiger charge is 2.38. The van der Waals surface area contributed by atoms with Gasteiger partial charge in [0.25, 0.3) is 0 Å². The standard InChI is InChI=1S/C24H25NO3S/c1-3-28-18-8-4-15(5-9-18)17-12-21-24(22(26)13-17)20(14-23(27)25-21)16-6-10-19(29-2)11-7-16/h4-11,17,20H,3,12-14H2,1-2H3,(H,25,27). The third-order valence-electron chi connectivity index (χ3n) is 5.72. The van der Waals surface area contributed by atoms with E-state index in [1.165, 1.54) is 4.90 Å². The molecule has 2 atom stereocenters. The summed E-state index contributed by atoms with van der Waals surface area (Å²) in [5.74, 6) is 0.892. The van der Waals surface area contributed by atoms with E-state index in [4.69, 9.17) is 4.74 Å². The number of hydrogen-bond donors (Lipinski definition) is 1. The first kappa shape index (κ1) is 19.8. The van der Waals surface area contributed by atoms with Crippen molar-refractivity contribution in [3.05, 3.63) is 70.9 Å². The van der Waals surface area contributed by atoms with Crippen LogP contribution in [0, 0.1) is 0 Å². The zero-order valence-corrected chi connectivity index (χ0v) is 17.6. The maximum absolute atomic E-state index is 13.2. The minimum absolute atomic E-state index is 0.0113. The first-order chi connectivity index (χ1) is 14.1. The van der Waals surface area contributed by atoms with Gasteiger partial charge in [-0.15, -0.1) is 11.8 Å². The maximum Gasteiger partial charge on any atom is 0.225 e. The molecule has 0 radical (unpaired) electrons. The molecule has 1 aliphatic heterocycles. The molecular formula is C24H25NO3S. The maximum atomic E-state index is 13.2. The lowest BCUT2D eigenvalue weighted by Crippen LogP contribution is -2.38. The largest absolute Gasteiger partial charge is 0.494 e. The molecule has 0 aromatic heterocycles. The van der Waals surface area contributed by atoms with Crippen LogP contribution < -0.4 is 10.1 Å². The molecule has 0 fully saturated rings. The van der Waals surface area contributed by atoms with Gasteiger partial charge in [0.1, 0.15) is 5.75 Å². The minimum Gasteiger partial charge on any atom is -0.494 e. The molecule has 0 spiro atoms. The van der Waals surface area contributed by atoms with Crippen LogP contribution in [0.15, 0.2) is 64.7 Å². The number of amides is 1. The number of hydrogen-bond acceptors (Lipinski definition) is 4. The van der Waals surface area contributed by atoms with Crippen molar-refractivity contribution in [1.29, 1.82) is 0 Å². The Balaban J connectivity index is 1.62. The highest BCUT2D eigenvalue weighted by Crippen LogP contribution is 2.42. The fourth-order valence-electron chi connectivity index (χ4n) is 4.32. The third-order valence-corrected chi connectivity index (χ3v) is 6.46. The Morgan fingerprint density at radius 3 is 2.31 bits per heavy atom. The Morgan fingerprint density at radius 1 is 0.966 bits per heavy atom. The van der Waals surface area contributed by atoms with Gasteiger partial charge in [0.05, 0.1) is 6.61 Å². The van der Waals surface area contributed by atoms with Gasteiger partial charge in [-0.1, -0.05) is 24.3 Å². The van der Waals surface area contributed by atoms with E-state index in [0.717, 1.165) is 28.1 Å². The predicted molar refractivity (Wildman–Crippen MR) is 115 cm³/mol. The number of ketones is 1. The molecule has 5 heteroatoms. The van der Waals surface area contributed by atoms with Gasteiger partial charge >= 0.3 is 0 Å². The van der Waals surface area contributed by atoms with Crippen molar-refractivity contribution in [3.8, 4) is 5.75 Å². The number of carbonyl (C=O) groups is 2. The molecule has 1 N–H and O–H groups in total. The monoisotopic (exact) mass is 407 g/mol. The zero-order valence-electron chi connectivity index (χ0n) is 16.7. The van der Waals surface area contributed by atoms with Crippen LogP contribution in [0.25, 0.3) is 0 Å². The average Bonchev–Trinajstić information content (AvgIpc) is 2.73. The van der Waals surface area contributed by atoms with Gasteiger partial charge in [-0.25, -0.2) is 0 Å². The van der Waals surface area contributed by atoms with Crippen LogP contribution in [0.1, 0.15) is 49.1 Å². The molecule has 1 aliphatic carbocycles. The summed E-state index contributed by atoms with van der Waals surface area (Å²) in [7, 11) is 0. The van der Waals surface area contributed by atoms with Crippen LogP contribution in [0.5, 0.6) is 5.75 Å². The van der Waals surface area contributed by atoms with Gasteiger partial charge in [-0.3, -0.25) is 9.59 Å². The number of carbonyl (C=O) groups excluding carboxylic acids is 2. The summed E-state index contributed by atoms with van der Waals surface area (Å²) in [4.78, 5) is 26.7. The van der Waals surface area contributed by atoms with E-state index in [2.05, 4.69) is 17.4 Å². The van der Waals surface area contributed by atoms with Crippen LogP contribution >= 0.6 is 11.8 Å². The second-order valence-corrected chi connectivity index (χ2v) is 8.38. The Bertz CT molecular complexity index is 947. The Morgan fingerprint density at radius 2 is 1.66 bits per heavy atom. The van der Waals surface area contributed by atoms with Gasteiger partial charge in [0.2, 0.25) is 5.91 Å².